The molecule has 24 heavy (non-hydrogen) atoms. The molecular weight excluding hydrogens is 334 g/mol. The zero-order valence-electron chi connectivity index (χ0n) is 13.5. The third-order valence-electron chi connectivity index (χ3n) is 4.99. The molecule has 0 radical (unpaired) electrons. The molecule has 140 valence electrons. The van der Waals surface area contributed by atoms with E-state index in [0.717, 1.165) is 0 Å². The Morgan fingerprint density at radius 2 is 0.917 bits per heavy atom. The Kier molecular flexibility index (Phi) is 6.59. The van der Waals surface area contributed by atoms with Crippen LogP contribution in [0.5, 0.6) is 0 Å². The smallest absolute Gasteiger partial charge is 0.300 e. The Bertz CT molecular complexity index is 364. The molecule has 2 aliphatic heterocycles. The number of alkyl halides is 6. The lowest BCUT2D eigenvalue weighted by Crippen LogP contribution is -2.39. The minimum Gasteiger partial charge on any atom is -0.300 e. The van der Waals surface area contributed by atoms with E-state index in [9.17, 15) is 26.3 Å². The van der Waals surface area contributed by atoms with Gasteiger partial charge in [0, 0.05) is 13.1 Å². The molecule has 0 spiro atoms. The molecule has 0 aromatic heterocycles. The standard InChI is InChI=1S/C16H24F6N2/c17-15(18,19)13-3-9-23(10-4-13)7-1-2-8-24-11-5-14(6-12-24)16(20,21)22/h1-2,13-14H,3-12H2/b2-1+. The first kappa shape index (κ1) is 19.6. The first-order valence-electron chi connectivity index (χ1n) is 8.39. The van der Waals surface area contributed by atoms with Crippen LogP contribution in [0.15, 0.2) is 12.2 Å². The monoisotopic (exact) mass is 358 g/mol. The molecule has 2 heterocycles. The van der Waals surface area contributed by atoms with E-state index in [1.807, 2.05) is 22.0 Å². The highest BCUT2D eigenvalue weighted by Gasteiger charge is 2.41. The van der Waals surface area contributed by atoms with Crippen LogP contribution < -0.4 is 0 Å². The zero-order valence-corrected chi connectivity index (χ0v) is 13.5. The number of halogens is 6. The van der Waals surface area contributed by atoms with Gasteiger partial charge in [0.25, 0.3) is 0 Å². The van der Waals surface area contributed by atoms with Crippen LogP contribution in [0, 0.1) is 11.8 Å². The van der Waals surface area contributed by atoms with Gasteiger partial charge in [-0.05, 0) is 51.9 Å². The third kappa shape index (κ3) is 5.95. The second-order valence-electron chi connectivity index (χ2n) is 6.70. The molecule has 0 atom stereocenters. The van der Waals surface area contributed by atoms with Gasteiger partial charge in [-0.15, -0.1) is 0 Å². The first-order valence-corrected chi connectivity index (χ1v) is 8.39. The zero-order chi connectivity index (χ0) is 17.8. The van der Waals surface area contributed by atoms with E-state index in [1.54, 1.807) is 0 Å². The molecule has 0 aromatic rings. The molecule has 0 saturated carbocycles. The average Bonchev–Trinajstić information content (AvgIpc) is 2.51. The van der Waals surface area contributed by atoms with Crippen molar-refractivity contribution in [2.24, 2.45) is 11.8 Å². The Hall–Kier alpha value is -0.760. The summed E-state index contributed by atoms with van der Waals surface area (Å²) in [4.78, 5) is 3.96. The van der Waals surface area contributed by atoms with Crippen LogP contribution in [-0.4, -0.2) is 61.4 Å². The summed E-state index contributed by atoms with van der Waals surface area (Å²) in [5, 5.41) is 0. The van der Waals surface area contributed by atoms with Crippen molar-refractivity contribution in [1.29, 1.82) is 0 Å². The molecule has 2 nitrogen and oxygen atoms in total. The van der Waals surface area contributed by atoms with Gasteiger partial charge in [-0.3, -0.25) is 9.80 Å². The predicted molar refractivity (Wildman–Crippen MR) is 79.6 cm³/mol. The summed E-state index contributed by atoms with van der Waals surface area (Å²) in [5.41, 5.74) is 0. The number of hydrogen-bond acceptors (Lipinski definition) is 2. The highest BCUT2D eigenvalue weighted by Crippen LogP contribution is 2.34. The second-order valence-corrected chi connectivity index (χ2v) is 6.70. The van der Waals surface area contributed by atoms with Gasteiger partial charge in [0.1, 0.15) is 0 Å². The normalized spacial score (nSPS) is 24.1. The minimum atomic E-state index is -4.09. The summed E-state index contributed by atoms with van der Waals surface area (Å²) in [6.45, 7) is 2.95. The summed E-state index contributed by atoms with van der Waals surface area (Å²) in [7, 11) is 0. The molecule has 2 rings (SSSR count). The van der Waals surface area contributed by atoms with Crippen LogP contribution in [0.25, 0.3) is 0 Å². The molecule has 2 aliphatic rings. The van der Waals surface area contributed by atoms with Gasteiger partial charge < -0.3 is 0 Å². The van der Waals surface area contributed by atoms with Crippen molar-refractivity contribution in [3.63, 3.8) is 0 Å². The molecule has 0 aliphatic carbocycles. The maximum Gasteiger partial charge on any atom is 0.391 e. The largest absolute Gasteiger partial charge is 0.391 e. The summed E-state index contributed by atoms with van der Waals surface area (Å²) in [6.07, 6.45) is -3.81. The van der Waals surface area contributed by atoms with Crippen LogP contribution in [0.3, 0.4) is 0 Å². The molecule has 0 amide bonds. The van der Waals surface area contributed by atoms with Crippen molar-refractivity contribution >= 4 is 0 Å². The second kappa shape index (κ2) is 8.08. The van der Waals surface area contributed by atoms with E-state index < -0.39 is 24.2 Å². The van der Waals surface area contributed by atoms with Gasteiger partial charge in [-0.25, -0.2) is 0 Å². The highest BCUT2D eigenvalue weighted by atomic mass is 19.4. The maximum atomic E-state index is 12.6. The van der Waals surface area contributed by atoms with Crippen LogP contribution in [0.1, 0.15) is 25.7 Å². The van der Waals surface area contributed by atoms with Gasteiger partial charge in [-0.2, -0.15) is 26.3 Å². The molecule has 2 fully saturated rings. The van der Waals surface area contributed by atoms with Crippen molar-refractivity contribution in [3.05, 3.63) is 12.2 Å². The SMILES string of the molecule is FC(F)(F)C1CCN(C/C=C/CN2CCC(C(F)(F)F)CC2)CC1. The van der Waals surface area contributed by atoms with Crippen LogP contribution in [0.2, 0.25) is 0 Å². The van der Waals surface area contributed by atoms with Crippen molar-refractivity contribution in [2.45, 2.75) is 38.0 Å². The highest BCUT2D eigenvalue weighted by molar-refractivity contribution is 4.90. The minimum absolute atomic E-state index is 0.141. The summed E-state index contributed by atoms with van der Waals surface area (Å²) in [5.74, 6) is -2.37. The van der Waals surface area contributed by atoms with E-state index >= 15 is 0 Å². The lowest BCUT2D eigenvalue weighted by molar-refractivity contribution is -0.185. The van der Waals surface area contributed by atoms with Gasteiger partial charge in [0.2, 0.25) is 0 Å². The fourth-order valence-electron chi connectivity index (χ4n) is 3.33. The fourth-order valence-corrected chi connectivity index (χ4v) is 3.33. The average molecular weight is 358 g/mol. The molecule has 0 N–H and O–H groups in total. The van der Waals surface area contributed by atoms with E-state index in [4.69, 9.17) is 0 Å². The van der Waals surface area contributed by atoms with E-state index in [1.165, 1.54) is 0 Å². The Labute approximate surface area is 138 Å². The number of hydrogen-bond donors (Lipinski definition) is 0. The van der Waals surface area contributed by atoms with Crippen molar-refractivity contribution in [2.75, 3.05) is 39.3 Å². The van der Waals surface area contributed by atoms with Crippen molar-refractivity contribution in [3.8, 4) is 0 Å². The summed E-state index contributed by atoms with van der Waals surface area (Å²) >= 11 is 0. The van der Waals surface area contributed by atoms with E-state index in [0.29, 0.717) is 39.3 Å². The molecule has 8 heteroatoms. The lowest BCUT2D eigenvalue weighted by atomic mass is 9.96. The van der Waals surface area contributed by atoms with Gasteiger partial charge in [0.05, 0.1) is 11.8 Å². The molecule has 0 aromatic carbocycles. The van der Waals surface area contributed by atoms with Gasteiger partial charge in [-0.1, -0.05) is 12.2 Å². The molecule has 2 saturated heterocycles. The Morgan fingerprint density at radius 3 is 1.17 bits per heavy atom. The maximum absolute atomic E-state index is 12.6. The third-order valence-corrected chi connectivity index (χ3v) is 4.99. The topological polar surface area (TPSA) is 6.48 Å². The Morgan fingerprint density at radius 1 is 0.625 bits per heavy atom. The van der Waals surface area contributed by atoms with Crippen LogP contribution >= 0.6 is 0 Å². The van der Waals surface area contributed by atoms with Crippen LogP contribution in [0.4, 0.5) is 26.3 Å². The molecule has 0 unspecified atom stereocenters. The first-order chi connectivity index (χ1) is 11.2. The predicted octanol–water partition coefficient (Wildman–Crippen LogP) is 4.09. The fraction of sp³-hybridized carbons (Fsp3) is 0.875. The number of likely N-dealkylation sites (tertiary alicyclic amines) is 2. The quantitative estimate of drug-likeness (QED) is 0.552. The van der Waals surface area contributed by atoms with Gasteiger partial charge >= 0.3 is 12.4 Å². The number of rotatable bonds is 4. The summed E-state index contributed by atoms with van der Waals surface area (Å²) < 4.78 is 75.4. The van der Waals surface area contributed by atoms with E-state index in [2.05, 4.69) is 0 Å². The lowest BCUT2D eigenvalue weighted by Gasteiger charge is -2.33. The molecule has 0 bridgehead atoms. The Balaban J connectivity index is 1.61. The molecular formula is C16H24F6N2. The number of piperidine rings is 2. The van der Waals surface area contributed by atoms with E-state index in [-0.39, 0.29) is 25.7 Å². The summed E-state index contributed by atoms with van der Waals surface area (Å²) in [6, 6.07) is 0. The van der Waals surface area contributed by atoms with Gasteiger partial charge in [0.15, 0.2) is 0 Å². The van der Waals surface area contributed by atoms with Crippen molar-refractivity contribution in [1.82, 2.24) is 9.80 Å². The number of nitrogens with zero attached hydrogens (tertiary/aromatic N) is 2. The van der Waals surface area contributed by atoms with Crippen LogP contribution in [-0.2, 0) is 0 Å². The van der Waals surface area contributed by atoms with Crippen molar-refractivity contribution < 1.29 is 26.3 Å².